The highest BCUT2D eigenvalue weighted by Crippen LogP contribution is 2.66. The molecule has 1 N–H and O–H groups in total. The van der Waals surface area contributed by atoms with Crippen LogP contribution in [0.2, 0.25) is 0 Å². The van der Waals surface area contributed by atoms with E-state index in [4.69, 9.17) is 0 Å². The Morgan fingerprint density at radius 3 is 1.00 bits per heavy atom. The van der Waals surface area contributed by atoms with Gasteiger partial charge in [0.2, 0.25) is 5.16 Å². The van der Waals surface area contributed by atoms with Crippen LogP contribution in [0.4, 0.5) is 26.3 Å². The van der Waals surface area contributed by atoms with Gasteiger partial charge in [0.15, 0.2) is 0 Å². The van der Waals surface area contributed by atoms with Crippen molar-refractivity contribution in [2.45, 2.75) is 64.7 Å². The van der Waals surface area contributed by atoms with Crippen molar-refractivity contribution in [2.75, 3.05) is 0 Å². The lowest BCUT2D eigenvalue weighted by atomic mass is 9.57. The van der Waals surface area contributed by atoms with Gasteiger partial charge < -0.3 is 5.11 Å². The Morgan fingerprint density at radius 2 is 0.952 bits per heavy atom. The molecule has 0 amide bonds. The molecule has 0 heterocycles. The first kappa shape index (κ1) is 20.6. The molecule has 0 aromatic heterocycles. The molecule has 0 rings (SSSR count). The molecule has 0 radical (unpaired) electrons. The third-order valence-electron chi connectivity index (χ3n) is 3.77. The third kappa shape index (κ3) is 2.69. The molecule has 0 fully saturated rings. The standard InChI is InChI=1S/C12H19F6O2P/c1-7(2,3)10(21-20,8(4,5)6)9(19,11(13,14)15)12(16,17)18/h19H,1-6H3/p+1. The maximum absolute atomic E-state index is 13.2. The summed E-state index contributed by atoms with van der Waals surface area (Å²) in [5.41, 5.74) is -8.58. The number of hydrogen-bond acceptors (Lipinski definition) is 2. The van der Waals surface area contributed by atoms with Crippen molar-refractivity contribution in [3.63, 3.8) is 0 Å². The fourth-order valence-corrected chi connectivity index (χ4v) is 4.22. The molecule has 0 spiro atoms. The van der Waals surface area contributed by atoms with Crippen LogP contribution in [0.15, 0.2) is 0 Å². The van der Waals surface area contributed by atoms with Crippen LogP contribution < -0.4 is 0 Å². The van der Waals surface area contributed by atoms with Crippen molar-refractivity contribution < 1.29 is 36.0 Å². The Labute approximate surface area is 121 Å². The molecule has 0 saturated carbocycles. The average Bonchev–Trinajstić information content (AvgIpc) is 2.10. The topological polar surface area (TPSA) is 37.3 Å². The van der Waals surface area contributed by atoms with Gasteiger partial charge in [0.1, 0.15) is 0 Å². The number of hydrogen-bond donors (Lipinski definition) is 1. The monoisotopic (exact) mass is 341 g/mol. The second-order valence-corrected chi connectivity index (χ2v) is 8.01. The van der Waals surface area contributed by atoms with Crippen molar-refractivity contribution in [2.24, 2.45) is 10.8 Å². The van der Waals surface area contributed by atoms with E-state index in [0.717, 1.165) is 41.5 Å². The predicted molar refractivity (Wildman–Crippen MR) is 67.7 cm³/mol. The molecule has 0 saturated heterocycles. The first-order chi connectivity index (χ1) is 8.81. The molecule has 0 aliphatic rings. The molecule has 126 valence electrons. The van der Waals surface area contributed by atoms with Crippen molar-refractivity contribution in [1.29, 1.82) is 0 Å². The van der Waals surface area contributed by atoms with E-state index in [9.17, 15) is 36.0 Å². The number of aliphatic hydroxyl groups is 1. The lowest BCUT2D eigenvalue weighted by Gasteiger charge is -2.52. The van der Waals surface area contributed by atoms with E-state index in [-0.39, 0.29) is 0 Å². The Bertz CT molecular complexity index is 372. The fraction of sp³-hybridized carbons (Fsp3) is 1.00. The third-order valence-corrected chi connectivity index (χ3v) is 5.93. The number of rotatable bonds is 2. The SMILES string of the molecule is CC(C)(C)C([PH+]=O)(C(C)(C)C)C(O)(C(F)(F)F)C(F)(F)F. The zero-order valence-corrected chi connectivity index (χ0v) is 13.6. The summed E-state index contributed by atoms with van der Waals surface area (Å²) in [5.74, 6) is 0. The first-order valence-corrected chi connectivity index (χ1v) is 6.97. The highest BCUT2D eigenvalue weighted by molar-refractivity contribution is 7.26. The summed E-state index contributed by atoms with van der Waals surface area (Å²) in [4.78, 5) is 0. The Hall–Kier alpha value is -0.360. The summed E-state index contributed by atoms with van der Waals surface area (Å²) < 4.78 is 91.1. The summed E-state index contributed by atoms with van der Waals surface area (Å²) in [6.45, 7) is 6.62. The molecule has 21 heavy (non-hydrogen) atoms. The van der Waals surface area contributed by atoms with Gasteiger partial charge in [-0.05, 0) is 0 Å². The van der Waals surface area contributed by atoms with E-state index in [2.05, 4.69) is 0 Å². The lowest BCUT2D eigenvalue weighted by molar-refractivity contribution is -0.393. The molecule has 1 atom stereocenters. The summed E-state index contributed by atoms with van der Waals surface area (Å²) in [6, 6.07) is 0. The smallest absolute Gasteiger partial charge is 0.370 e. The fourth-order valence-electron chi connectivity index (χ4n) is 3.18. The number of alkyl halides is 6. The summed E-state index contributed by atoms with van der Waals surface area (Å²) in [5, 5.41) is 6.84. The zero-order valence-electron chi connectivity index (χ0n) is 12.6. The van der Waals surface area contributed by atoms with Gasteiger partial charge in [-0.2, -0.15) is 26.3 Å². The first-order valence-electron chi connectivity index (χ1n) is 6.06. The summed E-state index contributed by atoms with van der Waals surface area (Å²) in [6.07, 6.45) is -12.0. The van der Waals surface area contributed by atoms with Gasteiger partial charge in [0.25, 0.3) is 0 Å². The van der Waals surface area contributed by atoms with Crippen LogP contribution in [0.1, 0.15) is 41.5 Å². The van der Waals surface area contributed by atoms with Gasteiger partial charge >= 0.3 is 26.4 Å². The molecule has 0 aliphatic heterocycles. The van der Waals surface area contributed by atoms with Gasteiger partial charge in [-0.25, -0.2) is 0 Å². The van der Waals surface area contributed by atoms with E-state index in [0.29, 0.717) is 0 Å². The van der Waals surface area contributed by atoms with Crippen molar-refractivity contribution in [1.82, 2.24) is 0 Å². The lowest BCUT2D eigenvalue weighted by Crippen LogP contribution is -2.76. The normalized spacial score (nSPS) is 16.4. The Kier molecular flexibility index (Phi) is 5.00. The van der Waals surface area contributed by atoms with Crippen molar-refractivity contribution >= 4 is 8.46 Å². The second kappa shape index (κ2) is 5.08. The van der Waals surface area contributed by atoms with Crippen LogP contribution in [-0.4, -0.2) is 28.2 Å². The van der Waals surface area contributed by atoms with Crippen LogP contribution in [-0.2, 0) is 4.57 Å². The minimum atomic E-state index is -6.02. The summed E-state index contributed by atoms with van der Waals surface area (Å²) >= 11 is 0. The highest BCUT2D eigenvalue weighted by atomic mass is 31.1. The van der Waals surface area contributed by atoms with Crippen LogP contribution in [0.5, 0.6) is 0 Å². The maximum atomic E-state index is 13.2. The second-order valence-electron chi connectivity index (χ2n) is 7.06. The number of halogens is 6. The van der Waals surface area contributed by atoms with Crippen LogP contribution in [0, 0.1) is 10.8 Å². The molecular weight excluding hydrogens is 321 g/mol. The molecule has 9 heteroatoms. The van der Waals surface area contributed by atoms with E-state index in [1.54, 1.807) is 0 Å². The van der Waals surface area contributed by atoms with Gasteiger partial charge in [0, 0.05) is 10.8 Å². The Balaban J connectivity index is 7.02. The van der Waals surface area contributed by atoms with Crippen LogP contribution >= 0.6 is 8.46 Å². The molecule has 0 aromatic carbocycles. The van der Waals surface area contributed by atoms with E-state index >= 15 is 0 Å². The van der Waals surface area contributed by atoms with E-state index < -0.39 is 42.4 Å². The van der Waals surface area contributed by atoms with Gasteiger partial charge in [0.05, 0.1) is 0 Å². The van der Waals surface area contributed by atoms with E-state index in [1.165, 1.54) is 0 Å². The van der Waals surface area contributed by atoms with Crippen molar-refractivity contribution in [3.8, 4) is 0 Å². The Morgan fingerprint density at radius 1 is 0.714 bits per heavy atom. The molecule has 0 aromatic rings. The predicted octanol–water partition coefficient (Wildman–Crippen LogP) is 4.70. The maximum Gasteiger partial charge on any atom is 0.431 e. The van der Waals surface area contributed by atoms with Crippen LogP contribution in [0.3, 0.4) is 0 Å². The van der Waals surface area contributed by atoms with Gasteiger partial charge in [-0.1, -0.05) is 46.1 Å². The molecular formula is C12H20F6O2P+. The molecule has 1 unspecified atom stereocenters. The zero-order chi connectivity index (χ0) is 17.7. The minimum Gasteiger partial charge on any atom is -0.370 e. The summed E-state index contributed by atoms with van der Waals surface area (Å²) in [7, 11) is -2.02. The quantitative estimate of drug-likeness (QED) is 0.584. The van der Waals surface area contributed by atoms with Gasteiger partial charge in [-0.15, -0.1) is 0 Å². The molecule has 2 nitrogen and oxygen atoms in total. The minimum absolute atomic E-state index is 1.10. The molecule has 0 bridgehead atoms. The van der Waals surface area contributed by atoms with Crippen LogP contribution in [0.25, 0.3) is 0 Å². The van der Waals surface area contributed by atoms with E-state index in [1.807, 2.05) is 0 Å². The highest BCUT2D eigenvalue weighted by Gasteiger charge is 2.88. The average molecular weight is 341 g/mol. The largest absolute Gasteiger partial charge is 0.431 e. The molecule has 0 aliphatic carbocycles. The van der Waals surface area contributed by atoms with Gasteiger partial charge in [-0.3, -0.25) is 0 Å². The van der Waals surface area contributed by atoms with Crippen molar-refractivity contribution in [3.05, 3.63) is 0 Å².